The topological polar surface area (TPSA) is 63.6 Å². The van der Waals surface area contributed by atoms with E-state index in [4.69, 9.17) is 4.55 Å². The monoisotopic (exact) mass is 160 g/mol. The lowest BCUT2D eigenvalue weighted by molar-refractivity contribution is 0.323. The van der Waals surface area contributed by atoms with Crippen LogP contribution in [0.2, 0.25) is 0 Å². The van der Waals surface area contributed by atoms with Crippen molar-refractivity contribution in [2.45, 2.75) is 0 Å². The third-order valence-electron chi connectivity index (χ3n) is 0.259. The molecule has 0 aliphatic rings. The summed E-state index contributed by atoms with van der Waals surface area (Å²) in [6.45, 7) is 0. The zero-order chi connectivity index (χ0) is 7.49. The SMILES string of the molecule is O=S(=O)(O)OC=C(F)F. The predicted octanol–water partition coefficient (Wildman–Crippen LogP) is 0.544. The molecule has 0 atom stereocenters. The molecule has 0 amide bonds. The van der Waals surface area contributed by atoms with Crippen molar-refractivity contribution in [3.63, 3.8) is 0 Å². The molecule has 0 aliphatic carbocycles. The van der Waals surface area contributed by atoms with Gasteiger partial charge in [-0.3, -0.25) is 4.55 Å². The number of rotatable bonds is 2. The molecule has 0 saturated carbocycles. The molecule has 1 N–H and O–H groups in total. The van der Waals surface area contributed by atoms with Crippen LogP contribution in [0.15, 0.2) is 12.3 Å². The number of hydrogen-bond acceptors (Lipinski definition) is 3. The molecule has 0 radical (unpaired) electrons. The van der Waals surface area contributed by atoms with Crippen LogP contribution in [0, 0.1) is 0 Å². The molecule has 0 aromatic heterocycles. The molecule has 0 aromatic carbocycles. The van der Waals surface area contributed by atoms with Crippen LogP contribution in [0.3, 0.4) is 0 Å². The van der Waals surface area contributed by atoms with Crippen molar-refractivity contribution in [1.29, 1.82) is 0 Å². The van der Waals surface area contributed by atoms with Crippen LogP contribution in [0.1, 0.15) is 0 Å². The summed E-state index contributed by atoms with van der Waals surface area (Å²) >= 11 is 0. The summed E-state index contributed by atoms with van der Waals surface area (Å²) < 4.78 is 51.6. The van der Waals surface area contributed by atoms with E-state index < -0.39 is 16.5 Å². The summed E-state index contributed by atoms with van der Waals surface area (Å²) in [6, 6.07) is 0. The van der Waals surface area contributed by atoms with E-state index in [2.05, 4.69) is 4.18 Å². The minimum Gasteiger partial charge on any atom is -0.364 e. The fourth-order valence-corrected chi connectivity index (χ4v) is 0.292. The number of hydrogen-bond donors (Lipinski definition) is 1. The maximum absolute atomic E-state index is 10.9. The van der Waals surface area contributed by atoms with Crippen molar-refractivity contribution >= 4 is 10.4 Å². The maximum Gasteiger partial charge on any atom is 0.446 e. The molecule has 0 bridgehead atoms. The average Bonchev–Trinajstić information content (AvgIpc) is 1.59. The first kappa shape index (κ1) is 8.31. The molecule has 0 spiro atoms. The van der Waals surface area contributed by atoms with E-state index >= 15 is 0 Å². The van der Waals surface area contributed by atoms with Crippen molar-refractivity contribution in [1.82, 2.24) is 0 Å². The van der Waals surface area contributed by atoms with Gasteiger partial charge in [-0.2, -0.15) is 17.2 Å². The van der Waals surface area contributed by atoms with Gasteiger partial charge in [0.2, 0.25) is 0 Å². The molecule has 0 rings (SSSR count). The maximum atomic E-state index is 10.9. The minimum atomic E-state index is -4.78. The summed E-state index contributed by atoms with van der Waals surface area (Å²) in [5.41, 5.74) is 0. The van der Waals surface area contributed by atoms with Gasteiger partial charge in [0, 0.05) is 0 Å². The quantitative estimate of drug-likeness (QED) is 0.473. The molecule has 9 heavy (non-hydrogen) atoms. The molecule has 0 aliphatic heterocycles. The zero-order valence-electron chi connectivity index (χ0n) is 3.91. The summed E-state index contributed by atoms with van der Waals surface area (Å²) in [7, 11) is -4.78. The van der Waals surface area contributed by atoms with Gasteiger partial charge >= 0.3 is 16.5 Å². The minimum absolute atomic E-state index is 0.380. The predicted molar refractivity (Wildman–Crippen MR) is 22.9 cm³/mol. The largest absolute Gasteiger partial charge is 0.446 e. The molecule has 54 valence electrons. The van der Waals surface area contributed by atoms with Crippen LogP contribution < -0.4 is 0 Å². The van der Waals surface area contributed by atoms with Crippen LogP contribution in [0.25, 0.3) is 0 Å². The first-order chi connectivity index (χ1) is 3.92. The van der Waals surface area contributed by atoms with Gasteiger partial charge < -0.3 is 4.18 Å². The first-order valence-corrected chi connectivity index (χ1v) is 2.95. The van der Waals surface area contributed by atoms with Crippen molar-refractivity contribution in [2.24, 2.45) is 0 Å². The van der Waals surface area contributed by atoms with Crippen molar-refractivity contribution in [3.8, 4) is 0 Å². The van der Waals surface area contributed by atoms with E-state index in [1.54, 1.807) is 0 Å². The lowest BCUT2D eigenvalue weighted by Crippen LogP contribution is -1.97. The average molecular weight is 160 g/mol. The fraction of sp³-hybridized carbons (Fsp3) is 0. The Morgan fingerprint density at radius 3 is 2.11 bits per heavy atom. The van der Waals surface area contributed by atoms with Crippen molar-refractivity contribution in [3.05, 3.63) is 12.3 Å². The second kappa shape index (κ2) is 2.74. The second-order valence-electron chi connectivity index (χ2n) is 0.931. The Hall–Kier alpha value is -0.690. The van der Waals surface area contributed by atoms with E-state index in [0.717, 1.165) is 0 Å². The molecule has 7 heteroatoms. The van der Waals surface area contributed by atoms with Crippen LogP contribution >= 0.6 is 0 Å². The molecular formula is C2H2F2O4S. The number of halogens is 2. The van der Waals surface area contributed by atoms with Crippen LogP contribution in [-0.2, 0) is 14.6 Å². The lowest BCUT2D eigenvalue weighted by Gasteiger charge is -1.88. The van der Waals surface area contributed by atoms with E-state index in [-0.39, 0.29) is 6.26 Å². The van der Waals surface area contributed by atoms with Gasteiger partial charge in [0.15, 0.2) is 6.26 Å². The van der Waals surface area contributed by atoms with E-state index in [0.29, 0.717) is 0 Å². The van der Waals surface area contributed by atoms with Gasteiger partial charge in [0.05, 0.1) is 0 Å². The van der Waals surface area contributed by atoms with E-state index in [1.807, 2.05) is 0 Å². The Bertz CT molecular complexity index is 201. The summed E-state index contributed by atoms with van der Waals surface area (Å²) in [4.78, 5) is 0. The fourth-order valence-electron chi connectivity index (χ4n) is 0.0972. The normalized spacial score (nSPS) is 10.6. The standard InChI is InChI=1S/C2H2F2O4S/c3-2(4)1-8-9(5,6)7/h1H,(H,5,6,7). The van der Waals surface area contributed by atoms with Crippen molar-refractivity contribution < 1.29 is 25.9 Å². The van der Waals surface area contributed by atoms with Gasteiger partial charge in [-0.15, -0.1) is 0 Å². The van der Waals surface area contributed by atoms with Crippen LogP contribution in [0.4, 0.5) is 8.78 Å². The Balaban J connectivity index is 3.95. The Morgan fingerprint density at radius 2 is 2.00 bits per heavy atom. The highest BCUT2D eigenvalue weighted by molar-refractivity contribution is 7.81. The van der Waals surface area contributed by atoms with Gasteiger partial charge in [0.25, 0.3) is 0 Å². The van der Waals surface area contributed by atoms with E-state index in [1.165, 1.54) is 0 Å². The lowest BCUT2D eigenvalue weighted by atomic mass is 11.1. The third kappa shape index (κ3) is 7.31. The summed E-state index contributed by atoms with van der Waals surface area (Å²) in [5.74, 6) is 0. The molecule has 0 unspecified atom stereocenters. The van der Waals surface area contributed by atoms with Crippen molar-refractivity contribution in [2.75, 3.05) is 0 Å². The van der Waals surface area contributed by atoms with Crippen LogP contribution in [-0.4, -0.2) is 13.0 Å². The molecule has 0 heterocycles. The van der Waals surface area contributed by atoms with Gasteiger partial charge in [-0.25, -0.2) is 0 Å². The highest BCUT2D eigenvalue weighted by Crippen LogP contribution is 1.98. The molecule has 4 nitrogen and oxygen atoms in total. The third-order valence-corrected chi connectivity index (χ3v) is 0.598. The van der Waals surface area contributed by atoms with Gasteiger partial charge in [0.1, 0.15) is 0 Å². The van der Waals surface area contributed by atoms with E-state index in [9.17, 15) is 17.2 Å². The Morgan fingerprint density at radius 1 is 1.56 bits per heavy atom. The smallest absolute Gasteiger partial charge is 0.364 e. The molecule has 0 saturated heterocycles. The molecule has 0 fully saturated rings. The zero-order valence-corrected chi connectivity index (χ0v) is 4.73. The summed E-state index contributed by atoms with van der Waals surface area (Å²) in [6.07, 6.45) is -2.72. The summed E-state index contributed by atoms with van der Waals surface area (Å²) in [5, 5.41) is 0. The van der Waals surface area contributed by atoms with Gasteiger partial charge in [-0.1, -0.05) is 0 Å². The Kier molecular flexibility index (Phi) is 2.53. The highest BCUT2D eigenvalue weighted by Gasteiger charge is 2.01. The highest BCUT2D eigenvalue weighted by atomic mass is 32.3. The van der Waals surface area contributed by atoms with Gasteiger partial charge in [-0.05, 0) is 0 Å². The first-order valence-electron chi connectivity index (χ1n) is 1.58. The molecule has 0 aromatic rings. The second-order valence-corrected chi connectivity index (χ2v) is 1.98. The van der Waals surface area contributed by atoms with Crippen LogP contribution in [0.5, 0.6) is 0 Å². The Labute approximate surface area is 49.7 Å². The molecular weight excluding hydrogens is 158 g/mol.